The highest BCUT2D eigenvalue weighted by molar-refractivity contribution is 6.32. The molecule has 0 aliphatic rings. The van der Waals surface area contributed by atoms with Crippen molar-refractivity contribution in [2.24, 2.45) is 0 Å². The molecule has 0 bridgehead atoms. The molecule has 0 aliphatic heterocycles. The number of carbonyl (C=O) groups is 2. The smallest absolute Gasteiger partial charge is 0.319 e. The van der Waals surface area contributed by atoms with E-state index in [1.807, 2.05) is 0 Å². The van der Waals surface area contributed by atoms with Crippen molar-refractivity contribution < 1.29 is 24.2 Å². The van der Waals surface area contributed by atoms with Crippen LogP contribution in [-0.2, 0) is 9.53 Å². The number of methoxy groups -OCH3 is 2. The van der Waals surface area contributed by atoms with Gasteiger partial charge in [0.05, 0.1) is 24.7 Å². The van der Waals surface area contributed by atoms with Crippen LogP contribution in [0.5, 0.6) is 5.75 Å². The van der Waals surface area contributed by atoms with Gasteiger partial charge in [0, 0.05) is 19.3 Å². The number of carboxylic acid groups (broad SMARTS) is 1. The molecule has 0 radical (unpaired) electrons. The maximum atomic E-state index is 11.7. The van der Waals surface area contributed by atoms with Crippen molar-refractivity contribution in [2.75, 3.05) is 26.1 Å². The van der Waals surface area contributed by atoms with Crippen molar-refractivity contribution in [3.05, 3.63) is 23.2 Å². The number of urea groups is 1. The van der Waals surface area contributed by atoms with E-state index in [-0.39, 0.29) is 13.0 Å². The summed E-state index contributed by atoms with van der Waals surface area (Å²) < 4.78 is 9.95. The second-order valence-corrected chi connectivity index (χ2v) is 4.55. The molecule has 8 heteroatoms. The summed E-state index contributed by atoms with van der Waals surface area (Å²) in [7, 11) is 2.88. The minimum absolute atomic E-state index is 0.0819. The third-order valence-corrected chi connectivity index (χ3v) is 2.93. The molecule has 1 rings (SSSR count). The predicted molar refractivity (Wildman–Crippen MR) is 78.1 cm³/mol. The molecule has 0 aromatic heterocycles. The Morgan fingerprint density at radius 2 is 2.10 bits per heavy atom. The lowest BCUT2D eigenvalue weighted by Gasteiger charge is -2.14. The van der Waals surface area contributed by atoms with Gasteiger partial charge in [-0.25, -0.2) is 4.79 Å². The van der Waals surface area contributed by atoms with Crippen LogP contribution in [-0.4, -0.2) is 44.0 Å². The van der Waals surface area contributed by atoms with E-state index in [1.54, 1.807) is 18.2 Å². The summed E-state index contributed by atoms with van der Waals surface area (Å²) in [4.78, 5) is 22.3. The molecule has 1 unspecified atom stereocenters. The van der Waals surface area contributed by atoms with Crippen molar-refractivity contribution in [3.8, 4) is 5.75 Å². The molecule has 1 aromatic carbocycles. The van der Waals surface area contributed by atoms with Gasteiger partial charge in [0.25, 0.3) is 0 Å². The van der Waals surface area contributed by atoms with Gasteiger partial charge in [-0.05, 0) is 18.2 Å². The number of ether oxygens (including phenoxy) is 2. The number of carbonyl (C=O) groups excluding carboxylic acids is 1. The Bertz CT molecular complexity index is 509. The summed E-state index contributed by atoms with van der Waals surface area (Å²) in [6.45, 7) is 0.0819. The molecule has 0 aliphatic carbocycles. The first kappa shape index (κ1) is 17.1. The highest BCUT2D eigenvalue weighted by atomic mass is 35.5. The van der Waals surface area contributed by atoms with Crippen molar-refractivity contribution in [1.29, 1.82) is 0 Å². The van der Waals surface area contributed by atoms with Crippen LogP contribution in [0.1, 0.15) is 6.42 Å². The number of rotatable bonds is 7. The molecule has 2 amide bonds. The number of carboxylic acids is 1. The standard InChI is InChI=1S/C13H17ClN2O5/c1-20-9(6-12(17)18)7-15-13(19)16-8-3-4-11(21-2)10(14)5-8/h3-5,9H,6-7H2,1-2H3,(H,17,18)(H2,15,16,19). The minimum Gasteiger partial charge on any atom is -0.495 e. The second kappa shape index (κ2) is 8.33. The molecule has 1 aromatic rings. The van der Waals surface area contributed by atoms with Crippen molar-refractivity contribution in [3.63, 3.8) is 0 Å². The molecule has 0 fully saturated rings. The zero-order chi connectivity index (χ0) is 15.8. The fourth-order valence-corrected chi connectivity index (χ4v) is 1.82. The van der Waals surface area contributed by atoms with E-state index < -0.39 is 18.1 Å². The monoisotopic (exact) mass is 316 g/mol. The van der Waals surface area contributed by atoms with Gasteiger partial charge >= 0.3 is 12.0 Å². The van der Waals surface area contributed by atoms with Gasteiger partial charge in [-0.1, -0.05) is 11.6 Å². The fourth-order valence-electron chi connectivity index (χ4n) is 1.56. The number of hydrogen-bond donors (Lipinski definition) is 3. The Morgan fingerprint density at radius 3 is 2.62 bits per heavy atom. The van der Waals surface area contributed by atoms with Gasteiger partial charge in [-0.3, -0.25) is 4.79 Å². The normalized spacial score (nSPS) is 11.6. The van der Waals surface area contributed by atoms with E-state index in [4.69, 9.17) is 26.2 Å². The largest absolute Gasteiger partial charge is 0.495 e. The first-order valence-corrected chi connectivity index (χ1v) is 6.47. The summed E-state index contributed by atoms with van der Waals surface area (Å²) in [5, 5.41) is 14.1. The number of aliphatic carboxylic acids is 1. The predicted octanol–water partition coefficient (Wildman–Crippen LogP) is 1.96. The molecule has 21 heavy (non-hydrogen) atoms. The Kier molecular flexibility index (Phi) is 6.77. The highest BCUT2D eigenvalue weighted by Gasteiger charge is 2.13. The Morgan fingerprint density at radius 1 is 1.38 bits per heavy atom. The summed E-state index contributed by atoms with van der Waals surface area (Å²) >= 11 is 5.94. The topological polar surface area (TPSA) is 96.9 Å². The second-order valence-electron chi connectivity index (χ2n) is 4.14. The van der Waals surface area contributed by atoms with Gasteiger partial charge in [-0.2, -0.15) is 0 Å². The summed E-state index contributed by atoms with van der Waals surface area (Å²) in [6.07, 6.45) is -0.779. The lowest BCUT2D eigenvalue weighted by atomic mass is 10.2. The molecule has 0 saturated carbocycles. The van der Waals surface area contributed by atoms with Gasteiger partial charge in [-0.15, -0.1) is 0 Å². The maximum Gasteiger partial charge on any atom is 0.319 e. The van der Waals surface area contributed by atoms with E-state index in [0.29, 0.717) is 16.5 Å². The molecule has 116 valence electrons. The summed E-state index contributed by atoms with van der Waals surface area (Å²) in [5.41, 5.74) is 0.491. The molecular weight excluding hydrogens is 300 g/mol. The van der Waals surface area contributed by atoms with E-state index in [2.05, 4.69) is 10.6 Å². The summed E-state index contributed by atoms with van der Waals surface area (Å²) in [6, 6.07) is 4.32. The molecular formula is C13H17ClN2O5. The third kappa shape index (κ3) is 5.88. The van der Waals surface area contributed by atoms with Crippen molar-refractivity contribution in [1.82, 2.24) is 5.32 Å². The molecule has 0 heterocycles. The number of amides is 2. The van der Waals surface area contributed by atoms with Crippen LogP contribution in [0.4, 0.5) is 10.5 Å². The average molecular weight is 317 g/mol. The van der Waals surface area contributed by atoms with Crippen molar-refractivity contribution >= 4 is 29.3 Å². The first-order chi connectivity index (χ1) is 9.96. The van der Waals surface area contributed by atoms with Crippen LogP contribution in [0.3, 0.4) is 0 Å². The van der Waals surface area contributed by atoms with Gasteiger partial charge in [0.15, 0.2) is 0 Å². The van der Waals surface area contributed by atoms with Crippen LogP contribution >= 0.6 is 11.6 Å². The van der Waals surface area contributed by atoms with Crippen LogP contribution < -0.4 is 15.4 Å². The van der Waals surface area contributed by atoms with Crippen LogP contribution in [0.15, 0.2) is 18.2 Å². The number of anilines is 1. The quantitative estimate of drug-likeness (QED) is 0.714. The van der Waals surface area contributed by atoms with E-state index in [9.17, 15) is 9.59 Å². The Labute approximate surface area is 127 Å². The molecule has 0 spiro atoms. The molecule has 7 nitrogen and oxygen atoms in total. The Balaban J connectivity index is 2.50. The third-order valence-electron chi connectivity index (χ3n) is 2.64. The van der Waals surface area contributed by atoms with E-state index in [1.165, 1.54) is 14.2 Å². The molecule has 1 atom stereocenters. The van der Waals surface area contributed by atoms with E-state index >= 15 is 0 Å². The van der Waals surface area contributed by atoms with E-state index in [0.717, 1.165) is 0 Å². The molecule has 3 N–H and O–H groups in total. The first-order valence-electron chi connectivity index (χ1n) is 6.09. The fraction of sp³-hybridized carbons (Fsp3) is 0.385. The van der Waals surface area contributed by atoms with Crippen LogP contribution in [0.2, 0.25) is 5.02 Å². The lowest BCUT2D eigenvalue weighted by Crippen LogP contribution is -2.37. The Hall–Kier alpha value is -1.99. The highest BCUT2D eigenvalue weighted by Crippen LogP contribution is 2.27. The SMILES string of the molecule is COc1ccc(NC(=O)NCC(CC(=O)O)OC)cc1Cl. The van der Waals surface area contributed by atoms with Crippen LogP contribution in [0.25, 0.3) is 0 Å². The zero-order valence-corrected chi connectivity index (χ0v) is 12.4. The minimum atomic E-state index is -0.994. The lowest BCUT2D eigenvalue weighted by molar-refractivity contribution is -0.139. The maximum absolute atomic E-state index is 11.7. The number of benzene rings is 1. The zero-order valence-electron chi connectivity index (χ0n) is 11.7. The van der Waals surface area contributed by atoms with Crippen LogP contribution in [0, 0.1) is 0 Å². The van der Waals surface area contributed by atoms with Gasteiger partial charge < -0.3 is 25.2 Å². The number of nitrogens with one attached hydrogen (secondary N) is 2. The van der Waals surface area contributed by atoms with Gasteiger partial charge in [0.1, 0.15) is 5.75 Å². The average Bonchev–Trinajstić information content (AvgIpc) is 2.43. The van der Waals surface area contributed by atoms with Gasteiger partial charge in [0.2, 0.25) is 0 Å². The number of hydrogen-bond acceptors (Lipinski definition) is 4. The number of halogens is 1. The summed E-state index contributed by atoms with van der Waals surface area (Å²) in [5.74, 6) is -0.491. The molecule has 0 saturated heterocycles. The van der Waals surface area contributed by atoms with Crippen molar-refractivity contribution in [2.45, 2.75) is 12.5 Å².